The van der Waals surface area contributed by atoms with E-state index in [9.17, 15) is 0 Å². The number of hydrogen-bond acceptors (Lipinski definition) is 5. The van der Waals surface area contributed by atoms with Crippen LogP contribution in [0.1, 0.15) is 12.5 Å². The fourth-order valence-electron chi connectivity index (χ4n) is 1.96. The summed E-state index contributed by atoms with van der Waals surface area (Å²) in [6.07, 6.45) is 2.52. The summed E-state index contributed by atoms with van der Waals surface area (Å²) in [4.78, 5) is 15.4. The minimum atomic E-state index is 0.199. The van der Waals surface area contributed by atoms with Gasteiger partial charge >= 0.3 is 0 Å². The molecule has 0 aliphatic heterocycles. The Labute approximate surface area is 119 Å². The van der Waals surface area contributed by atoms with Gasteiger partial charge in [-0.05, 0) is 47.3 Å². The molecule has 0 saturated heterocycles. The Morgan fingerprint density at radius 2 is 2.37 bits per heavy atom. The summed E-state index contributed by atoms with van der Waals surface area (Å²) in [6.45, 7) is 2.11. The van der Waals surface area contributed by atoms with Crippen molar-refractivity contribution < 1.29 is 0 Å². The normalized spacial score (nSPS) is 12.7. The number of fused-ring (bicyclic) bond motifs is 1. The number of thiophene rings is 1. The molecule has 19 heavy (non-hydrogen) atoms. The predicted molar refractivity (Wildman–Crippen MR) is 77.8 cm³/mol. The maximum Gasteiger partial charge on any atom is 0.226 e. The number of nitrogens with one attached hydrogen (secondary N) is 2. The second-order valence-corrected chi connectivity index (χ2v) is 5.44. The minimum absolute atomic E-state index is 0.199. The summed E-state index contributed by atoms with van der Waals surface area (Å²) in [7, 11) is 0. The van der Waals surface area contributed by atoms with Gasteiger partial charge in [-0.3, -0.25) is 0 Å². The van der Waals surface area contributed by atoms with Crippen molar-refractivity contribution >= 4 is 39.9 Å². The maximum atomic E-state index is 5.89. The van der Waals surface area contributed by atoms with E-state index in [1.165, 1.54) is 5.56 Å². The fourth-order valence-corrected chi connectivity index (χ4v) is 2.80. The van der Waals surface area contributed by atoms with E-state index in [1.54, 1.807) is 17.7 Å². The monoisotopic (exact) mass is 293 g/mol. The molecule has 0 amide bonds. The van der Waals surface area contributed by atoms with Gasteiger partial charge in [0, 0.05) is 6.04 Å². The molecule has 0 spiro atoms. The molecule has 0 bridgehead atoms. The summed E-state index contributed by atoms with van der Waals surface area (Å²) >= 11 is 7.60. The van der Waals surface area contributed by atoms with Crippen LogP contribution in [0.2, 0.25) is 5.28 Å². The first-order valence-corrected chi connectivity index (χ1v) is 7.18. The lowest BCUT2D eigenvalue weighted by molar-refractivity contribution is 0.787. The number of H-pyrrole nitrogens is 1. The molecule has 0 aromatic carbocycles. The van der Waals surface area contributed by atoms with Crippen LogP contribution in [0.5, 0.6) is 0 Å². The van der Waals surface area contributed by atoms with Crippen molar-refractivity contribution in [2.45, 2.75) is 19.4 Å². The number of aromatic amines is 1. The SMILES string of the molecule is CC(Cc1ccsc1)Nc1nc(Cl)nc2nc[nH]c12. The second-order valence-electron chi connectivity index (χ2n) is 4.32. The maximum absolute atomic E-state index is 5.89. The number of anilines is 1. The third kappa shape index (κ3) is 2.69. The Morgan fingerprint density at radius 1 is 1.47 bits per heavy atom. The average molecular weight is 294 g/mol. The summed E-state index contributed by atoms with van der Waals surface area (Å²) in [5, 5.41) is 7.78. The van der Waals surface area contributed by atoms with Crippen LogP contribution in [-0.2, 0) is 6.42 Å². The minimum Gasteiger partial charge on any atom is -0.365 e. The van der Waals surface area contributed by atoms with Crippen LogP contribution in [0.3, 0.4) is 0 Å². The number of aromatic nitrogens is 4. The zero-order valence-corrected chi connectivity index (χ0v) is 11.8. The Balaban J connectivity index is 1.82. The van der Waals surface area contributed by atoms with Crippen LogP contribution < -0.4 is 5.32 Å². The highest BCUT2D eigenvalue weighted by atomic mass is 35.5. The first-order valence-electron chi connectivity index (χ1n) is 5.86. The number of rotatable bonds is 4. The van der Waals surface area contributed by atoms with Gasteiger partial charge in [-0.2, -0.15) is 21.3 Å². The van der Waals surface area contributed by atoms with E-state index in [2.05, 4.69) is 49.0 Å². The number of halogens is 1. The third-order valence-electron chi connectivity index (χ3n) is 2.76. The highest BCUT2D eigenvalue weighted by Gasteiger charge is 2.11. The van der Waals surface area contributed by atoms with Gasteiger partial charge in [-0.15, -0.1) is 0 Å². The fraction of sp³-hybridized carbons (Fsp3) is 0.250. The van der Waals surface area contributed by atoms with Crippen LogP contribution in [0.25, 0.3) is 11.2 Å². The Kier molecular flexibility index (Phi) is 3.35. The highest BCUT2D eigenvalue weighted by Crippen LogP contribution is 2.20. The Morgan fingerprint density at radius 3 is 3.16 bits per heavy atom. The lowest BCUT2D eigenvalue weighted by Crippen LogP contribution is -2.19. The highest BCUT2D eigenvalue weighted by molar-refractivity contribution is 7.07. The molecule has 0 saturated carbocycles. The van der Waals surface area contributed by atoms with Crippen molar-refractivity contribution in [1.29, 1.82) is 0 Å². The molecule has 3 rings (SSSR count). The topological polar surface area (TPSA) is 66.5 Å². The number of hydrogen-bond donors (Lipinski definition) is 2. The molecule has 1 unspecified atom stereocenters. The summed E-state index contributed by atoms with van der Waals surface area (Å²) < 4.78 is 0. The Bertz CT molecular complexity index is 679. The van der Waals surface area contributed by atoms with E-state index < -0.39 is 0 Å². The van der Waals surface area contributed by atoms with Crippen molar-refractivity contribution in [3.05, 3.63) is 34.0 Å². The van der Waals surface area contributed by atoms with E-state index in [-0.39, 0.29) is 11.3 Å². The lowest BCUT2D eigenvalue weighted by Gasteiger charge is -2.14. The van der Waals surface area contributed by atoms with E-state index in [4.69, 9.17) is 11.6 Å². The molecule has 3 aromatic heterocycles. The van der Waals surface area contributed by atoms with Gasteiger partial charge in [-0.25, -0.2) is 4.98 Å². The molecule has 3 heterocycles. The molecular formula is C12H12ClN5S. The van der Waals surface area contributed by atoms with Crippen molar-refractivity contribution in [1.82, 2.24) is 19.9 Å². The zero-order chi connectivity index (χ0) is 13.2. The standard InChI is InChI=1S/C12H12ClN5S/c1-7(4-8-2-3-19-5-8)16-11-9-10(15-6-14-9)17-12(13)18-11/h2-3,5-7H,4H2,1H3,(H2,14,15,16,17,18). The van der Waals surface area contributed by atoms with E-state index in [0.717, 1.165) is 11.9 Å². The van der Waals surface area contributed by atoms with Crippen molar-refractivity contribution in [2.24, 2.45) is 0 Å². The van der Waals surface area contributed by atoms with Crippen molar-refractivity contribution in [3.63, 3.8) is 0 Å². The number of imidazole rings is 1. The van der Waals surface area contributed by atoms with Gasteiger partial charge in [0.1, 0.15) is 5.52 Å². The first kappa shape index (κ1) is 12.4. The molecule has 0 fully saturated rings. The van der Waals surface area contributed by atoms with Gasteiger partial charge < -0.3 is 10.3 Å². The van der Waals surface area contributed by atoms with Crippen LogP contribution in [0.4, 0.5) is 5.82 Å². The average Bonchev–Trinajstić information content (AvgIpc) is 2.99. The largest absolute Gasteiger partial charge is 0.365 e. The van der Waals surface area contributed by atoms with E-state index in [0.29, 0.717) is 11.5 Å². The first-order chi connectivity index (χ1) is 9.22. The van der Waals surface area contributed by atoms with Crippen LogP contribution >= 0.6 is 22.9 Å². The molecule has 7 heteroatoms. The molecule has 3 aromatic rings. The van der Waals surface area contributed by atoms with Crippen LogP contribution in [0, 0.1) is 0 Å². The van der Waals surface area contributed by atoms with Gasteiger partial charge in [0.2, 0.25) is 5.28 Å². The van der Waals surface area contributed by atoms with Gasteiger partial charge in [0.25, 0.3) is 0 Å². The molecule has 5 nitrogen and oxygen atoms in total. The van der Waals surface area contributed by atoms with Gasteiger partial charge in [-0.1, -0.05) is 0 Å². The number of nitrogens with zero attached hydrogens (tertiary/aromatic N) is 3. The molecule has 0 aliphatic carbocycles. The van der Waals surface area contributed by atoms with Crippen LogP contribution in [-0.4, -0.2) is 26.0 Å². The van der Waals surface area contributed by atoms with Crippen LogP contribution in [0.15, 0.2) is 23.2 Å². The van der Waals surface area contributed by atoms with Gasteiger partial charge in [0.05, 0.1) is 6.33 Å². The summed E-state index contributed by atoms with van der Waals surface area (Å²) in [6, 6.07) is 2.37. The van der Waals surface area contributed by atoms with Crippen molar-refractivity contribution in [3.8, 4) is 0 Å². The quantitative estimate of drug-likeness (QED) is 0.725. The zero-order valence-electron chi connectivity index (χ0n) is 10.2. The molecule has 0 radical (unpaired) electrons. The molecule has 98 valence electrons. The smallest absolute Gasteiger partial charge is 0.226 e. The molecule has 2 N–H and O–H groups in total. The summed E-state index contributed by atoms with van der Waals surface area (Å²) in [5.74, 6) is 0.690. The Hall–Kier alpha value is -1.66. The third-order valence-corrected chi connectivity index (χ3v) is 3.66. The second kappa shape index (κ2) is 5.14. The van der Waals surface area contributed by atoms with Gasteiger partial charge in [0.15, 0.2) is 11.5 Å². The lowest BCUT2D eigenvalue weighted by atomic mass is 10.1. The van der Waals surface area contributed by atoms with Crippen molar-refractivity contribution in [2.75, 3.05) is 5.32 Å². The van der Waals surface area contributed by atoms with E-state index >= 15 is 0 Å². The molecule has 0 aliphatic rings. The molecular weight excluding hydrogens is 282 g/mol. The van der Waals surface area contributed by atoms with E-state index in [1.807, 2.05) is 0 Å². The predicted octanol–water partition coefficient (Wildman–Crippen LogP) is 3.11. The molecule has 1 atom stereocenters. The summed E-state index contributed by atoms with van der Waals surface area (Å²) in [5.41, 5.74) is 2.66.